The first-order valence-electron chi connectivity index (χ1n) is 8.32. The van der Waals surface area contributed by atoms with E-state index in [1.54, 1.807) is 30.3 Å². The van der Waals surface area contributed by atoms with Crippen LogP contribution in [0.1, 0.15) is 24.2 Å². The van der Waals surface area contributed by atoms with Crippen LogP contribution in [-0.4, -0.2) is 60.6 Å². The third-order valence-electron chi connectivity index (χ3n) is 4.77. The number of hydrogen-bond acceptors (Lipinski definition) is 8. The average Bonchev–Trinajstić information content (AvgIpc) is 3.49. The van der Waals surface area contributed by atoms with Gasteiger partial charge in [0.2, 0.25) is 0 Å². The monoisotopic (exact) mass is 362 g/mol. The Morgan fingerprint density at radius 1 is 1.04 bits per heavy atom. The van der Waals surface area contributed by atoms with Gasteiger partial charge in [0.15, 0.2) is 17.8 Å². The van der Waals surface area contributed by atoms with Crippen molar-refractivity contribution in [3.63, 3.8) is 0 Å². The van der Waals surface area contributed by atoms with Crippen molar-refractivity contribution in [1.82, 2.24) is 0 Å². The second-order valence-corrected chi connectivity index (χ2v) is 6.60. The number of fused-ring (bicyclic) bond motifs is 3. The zero-order valence-electron chi connectivity index (χ0n) is 14.2. The molecule has 0 bridgehead atoms. The van der Waals surface area contributed by atoms with Crippen molar-refractivity contribution in [1.29, 1.82) is 0 Å². The van der Waals surface area contributed by atoms with Crippen LogP contribution in [0.25, 0.3) is 0 Å². The number of esters is 3. The van der Waals surface area contributed by atoms with E-state index in [9.17, 15) is 14.4 Å². The topological polar surface area (TPSA) is 104 Å². The van der Waals surface area contributed by atoms with Crippen molar-refractivity contribution < 1.29 is 38.1 Å². The molecule has 6 atom stereocenters. The summed E-state index contributed by atoms with van der Waals surface area (Å²) in [6.45, 7) is 2.39. The van der Waals surface area contributed by atoms with Gasteiger partial charge in [-0.15, -0.1) is 0 Å². The van der Waals surface area contributed by atoms with Gasteiger partial charge in [0.1, 0.15) is 24.9 Å². The minimum atomic E-state index is -1.06. The average molecular weight is 362 g/mol. The molecule has 3 aliphatic rings. The van der Waals surface area contributed by atoms with Gasteiger partial charge in [-0.3, -0.25) is 9.59 Å². The minimum Gasteiger partial charge on any atom is -0.459 e. The van der Waals surface area contributed by atoms with E-state index in [-0.39, 0.29) is 24.9 Å². The maximum atomic E-state index is 12.2. The second kappa shape index (κ2) is 6.07. The molecule has 1 aromatic carbocycles. The van der Waals surface area contributed by atoms with Gasteiger partial charge in [-0.1, -0.05) is 18.2 Å². The van der Waals surface area contributed by atoms with Gasteiger partial charge in [-0.2, -0.15) is 0 Å². The summed E-state index contributed by atoms with van der Waals surface area (Å²) in [4.78, 5) is 35.2. The summed E-state index contributed by atoms with van der Waals surface area (Å²) in [5.74, 6) is -1.58. The molecule has 0 N–H and O–H groups in total. The van der Waals surface area contributed by atoms with Crippen LogP contribution in [0.15, 0.2) is 30.3 Å². The Morgan fingerprint density at radius 2 is 1.73 bits per heavy atom. The molecule has 8 nitrogen and oxygen atoms in total. The lowest BCUT2D eigenvalue weighted by Crippen LogP contribution is -2.55. The Morgan fingerprint density at radius 3 is 2.38 bits per heavy atom. The number of benzene rings is 1. The summed E-state index contributed by atoms with van der Waals surface area (Å²) >= 11 is 0. The van der Waals surface area contributed by atoms with Crippen LogP contribution in [0.2, 0.25) is 0 Å². The number of hydrogen-bond donors (Lipinski definition) is 0. The van der Waals surface area contributed by atoms with Crippen LogP contribution in [0.5, 0.6) is 0 Å². The van der Waals surface area contributed by atoms with E-state index in [0.29, 0.717) is 5.56 Å². The van der Waals surface area contributed by atoms with E-state index in [0.717, 1.165) is 0 Å². The van der Waals surface area contributed by atoms with E-state index in [2.05, 4.69) is 0 Å². The van der Waals surface area contributed by atoms with Crippen molar-refractivity contribution in [3.8, 4) is 0 Å². The van der Waals surface area contributed by atoms with E-state index in [4.69, 9.17) is 23.7 Å². The predicted octanol–water partition coefficient (Wildman–Crippen LogP) is 0.625. The molecule has 0 radical (unpaired) electrons. The second-order valence-electron chi connectivity index (χ2n) is 6.60. The summed E-state index contributed by atoms with van der Waals surface area (Å²) in [7, 11) is 0. The molecule has 0 amide bonds. The zero-order valence-corrected chi connectivity index (χ0v) is 14.2. The molecule has 138 valence electrons. The normalized spacial score (nSPS) is 36.2. The first-order valence-corrected chi connectivity index (χ1v) is 8.32. The molecule has 8 heteroatoms. The molecule has 0 unspecified atom stereocenters. The van der Waals surface area contributed by atoms with Gasteiger partial charge in [0.25, 0.3) is 0 Å². The number of carbonyl (C=O) groups is 3. The quantitative estimate of drug-likeness (QED) is 0.427. The number of epoxide rings is 2. The molecule has 1 saturated carbocycles. The van der Waals surface area contributed by atoms with E-state index < -0.39 is 35.7 Å². The number of ether oxygens (including phenoxy) is 5. The van der Waals surface area contributed by atoms with Gasteiger partial charge < -0.3 is 23.7 Å². The highest BCUT2D eigenvalue weighted by Gasteiger charge is 2.81. The van der Waals surface area contributed by atoms with Crippen molar-refractivity contribution in [3.05, 3.63) is 35.9 Å². The molecule has 1 aromatic rings. The van der Waals surface area contributed by atoms with Gasteiger partial charge in [-0.05, 0) is 12.1 Å². The predicted molar refractivity (Wildman–Crippen MR) is 84.1 cm³/mol. The molecule has 4 rings (SSSR count). The summed E-state index contributed by atoms with van der Waals surface area (Å²) in [5.41, 5.74) is -0.661. The Labute approximate surface area is 149 Å². The summed E-state index contributed by atoms with van der Waals surface area (Å²) in [6.07, 6.45) is -2.71. The third-order valence-corrected chi connectivity index (χ3v) is 4.77. The maximum absolute atomic E-state index is 12.2. The maximum Gasteiger partial charge on any atom is 0.338 e. The number of rotatable bonds is 5. The van der Waals surface area contributed by atoms with Crippen LogP contribution >= 0.6 is 0 Å². The Hall–Kier alpha value is -2.45. The fourth-order valence-corrected chi connectivity index (χ4v) is 3.57. The third kappa shape index (κ3) is 2.85. The Kier molecular flexibility index (Phi) is 3.96. The van der Waals surface area contributed by atoms with Crippen LogP contribution in [0.3, 0.4) is 0 Å². The zero-order chi connectivity index (χ0) is 18.5. The highest BCUT2D eigenvalue weighted by atomic mass is 16.7. The molecule has 2 aliphatic heterocycles. The smallest absolute Gasteiger partial charge is 0.338 e. The van der Waals surface area contributed by atoms with E-state index in [1.807, 2.05) is 0 Å². The molecule has 2 saturated heterocycles. The Balaban J connectivity index is 1.52. The standard InChI is InChI=1S/C18H18O8/c1-9(19)23-13-12-14(25-12)16-18(26-16,15(13)24-10(2)20)8-22-17(21)11-6-4-3-5-7-11/h3-7,12-16H,8H2,1-2H3/t12-,13-,14-,15+,16+,18-/m0/s1. The first-order chi connectivity index (χ1) is 12.4. The van der Waals surface area contributed by atoms with E-state index in [1.165, 1.54) is 13.8 Å². The molecular formula is C18H18O8. The molecule has 2 heterocycles. The largest absolute Gasteiger partial charge is 0.459 e. The van der Waals surface area contributed by atoms with Gasteiger partial charge >= 0.3 is 17.9 Å². The summed E-state index contributed by atoms with van der Waals surface area (Å²) in [6, 6.07) is 8.52. The molecule has 0 spiro atoms. The summed E-state index contributed by atoms with van der Waals surface area (Å²) in [5, 5.41) is 0. The fraction of sp³-hybridized carbons (Fsp3) is 0.500. The van der Waals surface area contributed by atoms with Gasteiger partial charge in [0, 0.05) is 13.8 Å². The van der Waals surface area contributed by atoms with Crippen LogP contribution in [-0.2, 0) is 33.3 Å². The van der Waals surface area contributed by atoms with Crippen LogP contribution in [0, 0.1) is 0 Å². The molecule has 3 fully saturated rings. The summed E-state index contributed by atoms with van der Waals surface area (Å²) < 4.78 is 27.4. The first kappa shape index (κ1) is 17.0. The highest BCUT2D eigenvalue weighted by molar-refractivity contribution is 5.89. The van der Waals surface area contributed by atoms with Crippen molar-refractivity contribution in [2.75, 3.05) is 6.61 Å². The van der Waals surface area contributed by atoms with E-state index >= 15 is 0 Å². The molecular weight excluding hydrogens is 344 g/mol. The van der Waals surface area contributed by atoms with Crippen LogP contribution in [0.4, 0.5) is 0 Å². The van der Waals surface area contributed by atoms with Crippen molar-refractivity contribution >= 4 is 17.9 Å². The lowest BCUT2D eigenvalue weighted by molar-refractivity contribution is -0.175. The Bertz CT molecular complexity index is 747. The molecule has 26 heavy (non-hydrogen) atoms. The number of carbonyl (C=O) groups excluding carboxylic acids is 3. The van der Waals surface area contributed by atoms with Gasteiger partial charge in [-0.25, -0.2) is 4.79 Å². The molecule has 0 aromatic heterocycles. The lowest BCUT2D eigenvalue weighted by atomic mass is 9.84. The van der Waals surface area contributed by atoms with Crippen molar-refractivity contribution in [2.24, 2.45) is 0 Å². The minimum absolute atomic E-state index is 0.131. The van der Waals surface area contributed by atoms with Crippen LogP contribution < -0.4 is 0 Å². The van der Waals surface area contributed by atoms with Crippen molar-refractivity contribution in [2.45, 2.75) is 50.0 Å². The molecule has 1 aliphatic carbocycles. The lowest BCUT2D eigenvalue weighted by Gasteiger charge is -2.32. The fourth-order valence-electron chi connectivity index (χ4n) is 3.57. The highest BCUT2D eigenvalue weighted by Crippen LogP contribution is 2.57. The SMILES string of the molecule is CC(=O)O[C@H]1[C@@H]2O[C@@H]2[C@H]2O[C@@]2(COC(=O)c2ccccc2)[C@@H]1OC(C)=O. The van der Waals surface area contributed by atoms with Gasteiger partial charge in [0.05, 0.1) is 5.56 Å².